The molecule has 0 aromatic heterocycles. The summed E-state index contributed by atoms with van der Waals surface area (Å²) in [6, 6.07) is 5.11. The smallest absolute Gasteiger partial charge is 0.321 e. The Balaban J connectivity index is 2.07. The lowest BCUT2D eigenvalue weighted by atomic mass is 9.85. The monoisotopic (exact) mass is 294 g/mol. The summed E-state index contributed by atoms with van der Waals surface area (Å²) in [5.74, 6) is -0.896. The number of ether oxygens (including phenoxy) is 1. The highest BCUT2D eigenvalue weighted by Crippen LogP contribution is 2.29. The van der Waals surface area contributed by atoms with Gasteiger partial charge in [0.15, 0.2) is 0 Å². The number of benzene rings is 1. The summed E-state index contributed by atoms with van der Waals surface area (Å²) in [6.45, 7) is 1.78. The van der Waals surface area contributed by atoms with Crippen LogP contribution in [0.3, 0.4) is 0 Å². The number of anilines is 1. The fourth-order valence-electron chi connectivity index (χ4n) is 2.12. The van der Waals surface area contributed by atoms with E-state index < -0.39 is 23.5 Å². The number of phenolic OH excluding ortho intramolecular Hbond substituents is 1. The highest BCUT2D eigenvalue weighted by Gasteiger charge is 2.47. The van der Waals surface area contributed by atoms with Gasteiger partial charge in [0.25, 0.3) is 0 Å². The van der Waals surface area contributed by atoms with Gasteiger partial charge in [0.05, 0.1) is 19.3 Å². The molecule has 0 spiro atoms. The summed E-state index contributed by atoms with van der Waals surface area (Å²) in [5, 5.41) is 21.2. The second kappa shape index (κ2) is 5.61. The van der Waals surface area contributed by atoms with Gasteiger partial charge < -0.3 is 20.3 Å². The minimum absolute atomic E-state index is 0.0657. The lowest BCUT2D eigenvalue weighted by Crippen LogP contribution is -2.52. The summed E-state index contributed by atoms with van der Waals surface area (Å²) in [7, 11) is 1.57. The number of hydrogen-bond acceptors (Lipinski definition) is 4. The number of aromatic hydroxyl groups is 1. The van der Waals surface area contributed by atoms with Gasteiger partial charge in [-0.25, -0.2) is 4.79 Å². The lowest BCUT2D eigenvalue weighted by molar-refractivity contribution is -0.148. The van der Waals surface area contributed by atoms with Crippen LogP contribution in [-0.2, 0) is 9.53 Å². The number of carbonyl (C=O) groups is 2. The first-order valence-electron chi connectivity index (χ1n) is 6.49. The van der Waals surface area contributed by atoms with Gasteiger partial charge in [0.2, 0.25) is 0 Å². The Morgan fingerprint density at radius 2 is 2.00 bits per heavy atom. The average Bonchev–Trinajstić information content (AvgIpc) is 2.81. The standard InChI is InChI=1S/C14H18N2O5/c1-14(12(18)19)8-21-7-11(14)15-13(20)16(2)9-3-5-10(17)6-4-9/h3-6,11,17H,7-8H2,1-2H3,(H,15,20)(H,18,19). The van der Waals surface area contributed by atoms with Crippen molar-refractivity contribution in [3.63, 3.8) is 0 Å². The highest BCUT2D eigenvalue weighted by molar-refractivity contribution is 5.92. The van der Waals surface area contributed by atoms with Crippen LogP contribution in [0.15, 0.2) is 24.3 Å². The van der Waals surface area contributed by atoms with E-state index in [2.05, 4.69) is 5.32 Å². The van der Waals surface area contributed by atoms with E-state index in [4.69, 9.17) is 4.74 Å². The van der Waals surface area contributed by atoms with Crippen LogP contribution in [0.2, 0.25) is 0 Å². The second-order valence-corrected chi connectivity index (χ2v) is 5.32. The molecular formula is C14H18N2O5. The third kappa shape index (κ3) is 2.92. The Bertz CT molecular complexity index is 545. The van der Waals surface area contributed by atoms with Gasteiger partial charge in [-0.1, -0.05) is 0 Å². The topological polar surface area (TPSA) is 99.1 Å². The molecule has 1 aromatic rings. The van der Waals surface area contributed by atoms with Crippen molar-refractivity contribution in [3.05, 3.63) is 24.3 Å². The molecule has 0 bridgehead atoms. The molecular weight excluding hydrogens is 276 g/mol. The molecule has 1 aliphatic rings. The van der Waals surface area contributed by atoms with E-state index in [1.54, 1.807) is 26.1 Å². The zero-order chi connectivity index (χ0) is 15.6. The van der Waals surface area contributed by atoms with E-state index in [0.29, 0.717) is 5.69 Å². The van der Waals surface area contributed by atoms with Gasteiger partial charge in [-0.05, 0) is 31.2 Å². The molecule has 7 nitrogen and oxygen atoms in total. The van der Waals surface area contributed by atoms with Gasteiger partial charge in [-0.2, -0.15) is 0 Å². The Hall–Kier alpha value is -2.28. The molecule has 1 heterocycles. The van der Waals surface area contributed by atoms with Crippen LogP contribution in [0.25, 0.3) is 0 Å². The van der Waals surface area contributed by atoms with Gasteiger partial charge in [0.1, 0.15) is 11.2 Å². The maximum absolute atomic E-state index is 12.2. The molecule has 1 saturated heterocycles. The molecule has 1 aliphatic heterocycles. The molecule has 114 valence electrons. The number of carboxylic acid groups (broad SMARTS) is 1. The molecule has 0 saturated carbocycles. The number of carbonyl (C=O) groups excluding carboxylic acids is 1. The number of urea groups is 1. The molecule has 0 radical (unpaired) electrons. The van der Waals surface area contributed by atoms with E-state index in [9.17, 15) is 19.8 Å². The average molecular weight is 294 g/mol. The molecule has 1 fully saturated rings. The molecule has 7 heteroatoms. The van der Waals surface area contributed by atoms with Gasteiger partial charge in [0, 0.05) is 12.7 Å². The van der Waals surface area contributed by atoms with Crippen molar-refractivity contribution >= 4 is 17.7 Å². The number of aliphatic carboxylic acids is 1. The molecule has 0 aliphatic carbocycles. The largest absolute Gasteiger partial charge is 0.508 e. The quantitative estimate of drug-likeness (QED) is 0.773. The predicted molar refractivity (Wildman–Crippen MR) is 75.4 cm³/mol. The van der Waals surface area contributed by atoms with Crippen molar-refractivity contribution in [3.8, 4) is 5.75 Å². The molecule has 2 atom stereocenters. The summed E-state index contributed by atoms with van der Waals surface area (Å²) < 4.78 is 5.19. The van der Waals surface area contributed by atoms with Crippen LogP contribution in [-0.4, -0.2) is 48.5 Å². The summed E-state index contributed by atoms with van der Waals surface area (Å²) in [4.78, 5) is 24.9. The minimum Gasteiger partial charge on any atom is -0.508 e. The number of amides is 2. The van der Waals surface area contributed by atoms with E-state index in [-0.39, 0.29) is 19.0 Å². The predicted octanol–water partition coefficient (Wildman–Crippen LogP) is 1.03. The van der Waals surface area contributed by atoms with Crippen molar-refractivity contribution in [1.29, 1.82) is 0 Å². The molecule has 2 amide bonds. The normalized spacial score (nSPS) is 24.6. The molecule has 2 unspecified atom stereocenters. The molecule has 2 rings (SSSR count). The highest BCUT2D eigenvalue weighted by atomic mass is 16.5. The van der Waals surface area contributed by atoms with E-state index in [1.165, 1.54) is 17.0 Å². The molecule has 3 N–H and O–H groups in total. The van der Waals surface area contributed by atoms with Crippen molar-refractivity contribution in [2.24, 2.45) is 5.41 Å². The van der Waals surface area contributed by atoms with Gasteiger partial charge in [-0.3, -0.25) is 9.69 Å². The van der Waals surface area contributed by atoms with Crippen LogP contribution >= 0.6 is 0 Å². The SMILES string of the molecule is CN(C(=O)NC1COCC1(C)C(=O)O)c1ccc(O)cc1. The van der Waals surface area contributed by atoms with Crippen LogP contribution < -0.4 is 10.2 Å². The Labute approximate surface area is 122 Å². The van der Waals surface area contributed by atoms with Crippen molar-refractivity contribution in [2.75, 3.05) is 25.2 Å². The minimum atomic E-state index is -1.13. The van der Waals surface area contributed by atoms with Crippen molar-refractivity contribution < 1.29 is 24.5 Å². The first kappa shape index (κ1) is 15.1. The van der Waals surface area contributed by atoms with Crippen LogP contribution in [0, 0.1) is 5.41 Å². The summed E-state index contributed by atoms with van der Waals surface area (Å²) in [5.41, 5.74) is -0.549. The van der Waals surface area contributed by atoms with E-state index in [1.807, 2.05) is 0 Å². The molecule has 21 heavy (non-hydrogen) atoms. The maximum atomic E-state index is 12.2. The van der Waals surface area contributed by atoms with Gasteiger partial charge >= 0.3 is 12.0 Å². The number of phenols is 1. The fraction of sp³-hybridized carbons (Fsp3) is 0.429. The van der Waals surface area contributed by atoms with Crippen LogP contribution in [0.4, 0.5) is 10.5 Å². The third-order valence-corrected chi connectivity index (χ3v) is 3.78. The van der Waals surface area contributed by atoms with Gasteiger partial charge in [-0.15, -0.1) is 0 Å². The Morgan fingerprint density at radius 3 is 2.57 bits per heavy atom. The first-order valence-corrected chi connectivity index (χ1v) is 6.49. The number of nitrogens with one attached hydrogen (secondary N) is 1. The number of carboxylic acids is 1. The van der Waals surface area contributed by atoms with Crippen LogP contribution in [0.1, 0.15) is 6.92 Å². The van der Waals surface area contributed by atoms with E-state index in [0.717, 1.165) is 0 Å². The number of rotatable bonds is 3. The fourth-order valence-corrected chi connectivity index (χ4v) is 2.12. The summed E-state index contributed by atoms with van der Waals surface area (Å²) >= 11 is 0. The Kier molecular flexibility index (Phi) is 4.04. The molecule has 1 aromatic carbocycles. The summed E-state index contributed by atoms with van der Waals surface area (Å²) in [6.07, 6.45) is 0. The third-order valence-electron chi connectivity index (χ3n) is 3.78. The zero-order valence-electron chi connectivity index (χ0n) is 11.9. The second-order valence-electron chi connectivity index (χ2n) is 5.32. The van der Waals surface area contributed by atoms with Crippen molar-refractivity contribution in [1.82, 2.24) is 5.32 Å². The lowest BCUT2D eigenvalue weighted by Gasteiger charge is -2.28. The first-order chi connectivity index (χ1) is 9.84. The van der Waals surface area contributed by atoms with E-state index >= 15 is 0 Å². The number of hydrogen-bond donors (Lipinski definition) is 3. The van der Waals surface area contributed by atoms with Crippen molar-refractivity contribution in [2.45, 2.75) is 13.0 Å². The van der Waals surface area contributed by atoms with Crippen LogP contribution in [0.5, 0.6) is 5.75 Å². The zero-order valence-corrected chi connectivity index (χ0v) is 11.9. The number of nitrogens with zero attached hydrogens (tertiary/aromatic N) is 1. The Morgan fingerprint density at radius 1 is 1.38 bits per heavy atom. The maximum Gasteiger partial charge on any atom is 0.321 e.